The Morgan fingerprint density at radius 1 is 0.837 bits per heavy atom. The lowest BCUT2D eigenvalue weighted by atomic mass is 9.44. The van der Waals surface area contributed by atoms with Crippen LogP contribution in [0.2, 0.25) is 0 Å². The highest BCUT2D eigenvalue weighted by Crippen LogP contribution is 2.64. The lowest BCUT2D eigenvalue weighted by Gasteiger charge is -2.55. The number of halogens is 1. The number of allylic oxidation sites excluding steroid dienone is 4. The summed E-state index contributed by atoms with van der Waals surface area (Å²) in [4.78, 5) is 59.9. The van der Waals surface area contributed by atoms with Gasteiger partial charge in [-0.1, -0.05) is 78.4 Å². The van der Waals surface area contributed by atoms with E-state index in [9.17, 15) is 14.7 Å². The summed E-state index contributed by atoms with van der Waals surface area (Å²) in [7, 11) is 1.47. The Morgan fingerprint density at radius 3 is 2.22 bits per heavy atom. The first-order chi connectivity index (χ1) is 23.7. The van der Waals surface area contributed by atoms with Gasteiger partial charge in [-0.05, 0) is 101 Å². The van der Waals surface area contributed by atoms with E-state index in [4.69, 9.17) is 4.74 Å². The topological polar surface area (TPSA) is 101 Å². The molecule has 1 heterocycles. The molecule has 1 saturated carbocycles. The van der Waals surface area contributed by atoms with Gasteiger partial charge in [0, 0.05) is 21.0 Å². The van der Waals surface area contributed by atoms with Gasteiger partial charge in [0.25, 0.3) is 0 Å². The van der Waals surface area contributed by atoms with E-state index < -0.39 is 35.0 Å². The van der Waals surface area contributed by atoms with Crippen molar-refractivity contribution in [3.63, 3.8) is 0 Å². The first-order valence-corrected chi connectivity index (χ1v) is 17.4. The SMILES string of the molecule is COc1cc([C@H]2C3=CC[C@@H]4C(=O)N(c5ccc(I)cc5)C(=O)[C@@H]4[C@@H]3C[C@H]3C(=O)C(c4ccccc4)=CC(=O)[C@@]23c2ccccc2)ccc1O. The van der Waals surface area contributed by atoms with Gasteiger partial charge in [0.05, 0.1) is 30.0 Å². The third kappa shape index (κ3) is 4.67. The third-order valence-electron chi connectivity index (χ3n) is 11.0. The van der Waals surface area contributed by atoms with Crippen molar-refractivity contribution in [2.75, 3.05) is 12.0 Å². The van der Waals surface area contributed by atoms with Crippen LogP contribution in [0.5, 0.6) is 11.5 Å². The molecule has 2 fully saturated rings. The highest BCUT2D eigenvalue weighted by Gasteiger charge is 2.66. The molecule has 4 aromatic rings. The Kier molecular flexibility index (Phi) is 7.66. The van der Waals surface area contributed by atoms with E-state index in [0.717, 1.165) is 9.14 Å². The number of nitrogens with zero attached hydrogens (tertiary/aromatic N) is 1. The maximum Gasteiger partial charge on any atom is 0.238 e. The second-order valence-corrected chi connectivity index (χ2v) is 14.5. The lowest BCUT2D eigenvalue weighted by Crippen LogP contribution is -2.58. The van der Waals surface area contributed by atoms with Crippen LogP contribution in [0.25, 0.3) is 5.57 Å². The fourth-order valence-corrected chi connectivity index (χ4v) is 9.33. The minimum Gasteiger partial charge on any atom is -0.504 e. The first kappa shape index (κ1) is 31.4. The minimum atomic E-state index is -1.35. The molecule has 2 amide bonds. The normalized spacial score (nSPS) is 27.6. The fraction of sp³-hybridized carbons (Fsp3) is 0.220. The highest BCUT2D eigenvalue weighted by atomic mass is 127. The summed E-state index contributed by atoms with van der Waals surface area (Å²) in [6.07, 6.45) is 4.09. The molecule has 8 rings (SSSR count). The second kappa shape index (κ2) is 11.9. The van der Waals surface area contributed by atoms with Crippen molar-refractivity contribution in [2.24, 2.45) is 23.7 Å². The molecular weight excluding hydrogens is 729 g/mol. The second-order valence-electron chi connectivity index (χ2n) is 13.2. The molecule has 244 valence electrons. The molecule has 8 heteroatoms. The van der Waals surface area contributed by atoms with Gasteiger partial charge in [0.2, 0.25) is 11.8 Å². The molecule has 0 spiro atoms. The lowest BCUT2D eigenvalue weighted by molar-refractivity contribution is -0.135. The number of carbonyl (C=O) groups excluding carboxylic acids is 4. The monoisotopic (exact) mass is 761 g/mol. The number of phenolic OH excluding ortho intramolecular Hbond substituents is 1. The van der Waals surface area contributed by atoms with E-state index in [1.54, 1.807) is 30.3 Å². The number of anilines is 1. The molecule has 0 bridgehead atoms. The summed E-state index contributed by atoms with van der Waals surface area (Å²) < 4.78 is 6.53. The number of imide groups is 1. The average molecular weight is 762 g/mol. The van der Waals surface area contributed by atoms with E-state index in [-0.39, 0.29) is 41.3 Å². The molecule has 3 aliphatic carbocycles. The van der Waals surface area contributed by atoms with Gasteiger partial charge >= 0.3 is 0 Å². The van der Waals surface area contributed by atoms with Crippen LogP contribution in [0.15, 0.2) is 121 Å². The Morgan fingerprint density at radius 2 is 1.53 bits per heavy atom. The van der Waals surface area contributed by atoms with Crippen molar-refractivity contribution in [3.8, 4) is 11.5 Å². The number of ketones is 2. The van der Waals surface area contributed by atoms with Crippen LogP contribution in [0.4, 0.5) is 5.69 Å². The largest absolute Gasteiger partial charge is 0.504 e. The smallest absolute Gasteiger partial charge is 0.238 e. The predicted octanol–water partition coefficient (Wildman–Crippen LogP) is 7.03. The quantitative estimate of drug-likeness (QED) is 0.133. The van der Waals surface area contributed by atoms with Crippen LogP contribution in [0, 0.1) is 27.2 Å². The van der Waals surface area contributed by atoms with Gasteiger partial charge < -0.3 is 9.84 Å². The van der Waals surface area contributed by atoms with Crippen LogP contribution >= 0.6 is 22.6 Å². The zero-order valence-corrected chi connectivity index (χ0v) is 28.7. The number of amides is 2. The van der Waals surface area contributed by atoms with Gasteiger partial charge in [-0.3, -0.25) is 24.1 Å². The first-order valence-electron chi connectivity index (χ1n) is 16.4. The van der Waals surface area contributed by atoms with Gasteiger partial charge in [-0.2, -0.15) is 0 Å². The summed E-state index contributed by atoms with van der Waals surface area (Å²) in [5.74, 6) is -4.01. The Balaban J connectivity index is 1.36. The number of methoxy groups -OCH3 is 1. The van der Waals surface area contributed by atoms with Crippen molar-refractivity contribution in [1.82, 2.24) is 0 Å². The van der Waals surface area contributed by atoms with Gasteiger partial charge in [-0.15, -0.1) is 0 Å². The predicted molar refractivity (Wildman–Crippen MR) is 193 cm³/mol. The van der Waals surface area contributed by atoms with Crippen LogP contribution in [-0.2, 0) is 24.6 Å². The summed E-state index contributed by atoms with van der Waals surface area (Å²) in [6.45, 7) is 0. The molecule has 1 N–H and O–H groups in total. The minimum absolute atomic E-state index is 0.0522. The van der Waals surface area contributed by atoms with Crippen molar-refractivity contribution in [1.29, 1.82) is 0 Å². The molecule has 49 heavy (non-hydrogen) atoms. The van der Waals surface area contributed by atoms with Crippen molar-refractivity contribution >= 4 is 57.2 Å². The molecule has 0 radical (unpaired) electrons. The zero-order chi connectivity index (χ0) is 34.0. The van der Waals surface area contributed by atoms with Crippen molar-refractivity contribution in [2.45, 2.75) is 24.2 Å². The third-order valence-corrected chi connectivity index (χ3v) is 11.7. The number of rotatable bonds is 5. The number of hydrogen-bond donors (Lipinski definition) is 1. The molecule has 4 aromatic carbocycles. The summed E-state index contributed by atoms with van der Waals surface area (Å²) in [6, 6.07) is 31.0. The fourth-order valence-electron chi connectivity index (χ4n) is 8.97. The molecular formula is C41H32INO6. The maximum absolute atomic E-state index is 15.1. The molecule has 1 saturated heterocycles. The van der Waals surface area contributed by atoms with Crippen LogP contribution in [0.3, 0.4) is 0 Å². The number of aromatic hydroxyl groups is 1. The van der Waals surface area contributed by atoms with E-state index in [0.29, 0.717) is 34.4 Å². The number of hydrogen-bond acceptors (Lipinski definition) is 6. The Hall–Kier alpha value is -4.83. The van der Waals surface area contributed by atoms with Gasteiger partial charge in [0.1, 0.15) is 0 Å². The number of benzene rings is 4. The number of fused-ring (bicyclic) bond motifs is 4. The van der Waals surface area contributed by atoms with E-state index in [1.807, 2.05) is 78.9 Å². The number of carbonyl (C=O) groups is 4. The highest BCUT2D eigenvalue weighted by molar-refractivity contribution is 14.1. The number of Topliss-reactive ketones (excluding diaryl/α,β-unsaturated/α-hetero) is 1. The molecule has 1 aliphatic heterocycles. The summed E-state index contributed by atoms with van der Waals surface area (Å²) in [5, 5.41) is 10.6. The van der Waals surface area contributed by atoms with Crippen molar-refractivity contribution in [3.05, 3.63) is 141 Å². The van der Waals surface area contributed by atoms with E-state index in [1.165, 1.54) is 18.1 Å². The van der Waals surface area contributed by atoms with E-state index >= 15 is 9.59 Å². The Labute approximate surface area is 297 Å². The van der Waals surface area contributed by atoms with Crippen LogP contribution in [-0.4, -0.2) is 35.6 Å². The molecule has 6 atom stereocenters. The maximum atomic E-state index is 15.1. The average Bonchev–Trinajstić information content (AvgIpc) is 3.39. The summed E-state index contributed by atoms with van der Waals surface area (Å²) in [5.41, 5.74) is 2.42. The standard InChI is InChI=1S/C41H32INO6/c1-49-34-20-24(12-19-33(34)44)37-28-17-18-29-36(40(48)43(39(29)47)27-15-13-26(42)14-16-27)31(28)21-32-38(46)30(23-8-4-2-5-9-23)22-35(45)41(32,37)25-10-6-3-7-11-25/h2-17,19-20,22,29,31-32,36-37,44H,18,21H2,1H3/t29-,31+,32-,36-,37-,41-/m0/s1. The van der Waals surface area contributed by atoms with Crippen LogP contribution < -0.4 is 9.64 Å². The van der Waals surface area contributed by atoms with E-state index in [2.05, 4.69) is 22.6 Å². The molecule has 7 nitrogen and oxygen atoms in total. The molecule has 0 unspecified atom stereocenters. The van der Waals surface area contributed by atoms with Crippen molar-refractivity contribution < 1.29 is 29.0 Å². The number of phenols is 1. The molecule has 0 aromatic heterocycles. The number of ether oxygens (including phenoxy) is 1. The Bertz CT molecular complexity index is 2090. The van der Waals surface area contributed by atoms with Crippen LogP contribution in [0.1, 0.15) is 35.4 Å². The van der Waals surface area contributed by atoms with Gasteiger partial charge in [-0.25, -0.2) is 0 Å². The van der Waals surface area contributed by atoms with Gasteiger partial charge in [0.15, 0.2) is 23.1 Å². The zero-order valence-electron chi connectivity index (χ0n) is 26.6. The molecule has 4 aliphatic rings. The summed E-state index contributed by atoms with van der Waals surface area (Å²) >= 11 is 2.19.